The fraction of sp³-hybridized carbons (Fsp3) is 0.286. The van der Waals surface area contributed by atoms with Crippen molar-refractivity contribution >= 4 is 29.4 Å². The molecule has 27 heavy (non-hydrogen) atoms. The fourth-order valence-corrected chi connectivity index (χ4v) is 2.95. The van der Waals surface area contributed by atoms with Crippen LogP contribution in [0.2, 0.25) is 5.02 Å². The summed E-state index contributed by atoms with van der Waals surface area (Å²) in [5, 5.41) is 0.605. The average molecular weight is 386 g/mol. The zero-order valence-electron chi connectivity index (χ0n) is 15.2. The molecular weight excluding hydrogens is 366 g/mol. The van der Waals surface area contributed by atoms with E-state index in [0.29, 0.717) is 23.0 Å². The number of carbonyl (C=O) groups is 3. The first-order chi connectivity index (χ1) is 12.9. The zero-order valence-corrected chi connectivity index (χ0v) is 16.0. The Bertz CT molecular complexity index is 890. The highest BCUT2D eigenvalue weighted by Gasteiger charge is 2.35. The molecule has 1 aliphatic heterocycles. The smallest absolute Gasteiger partial charge is 0.338 e. The summed E-state index contributed by atoms with van der Waals surface area (Å²) in [6.45, 7) is 4.54. The molecule has 0 atom stereocenters. The molecule has 0 bridgehead atoms. The molecule has 6 heteroatoms. The molecule has 1 aliphatic rings. The molecule has 2 aromatic carbocycles. The summed E-state index contributed by atoms with van der Waals surface area (Å²) in [4.78, 5) is 38.5. The van der Waals surface area contributed by atoms with Crippen molar-refractivity contribution in [2.75, 3.05) is 6.54 Å². The van der Waals surface area contributed by atoms with E-state index in [2.05, 4.69) is 0 Å². The van der Waals surface area contributed by atoms with E-state index in [1.165, 1.54) is 23.1 Å². The summed E-state index contributed by atoms with van der Waals surface area (Å²) in [6.07, 6.45) is 0.738. The highest BCUT2D eigenvalue weighted by molar-refractivity contribution is 6.30. The van der Waals surface area contributed by atoms with Crippen LogP contribution in [-0.2, 0) is 11.3 Å². The molecule has 0 unspecified atom stereocenters. The first kappa shape index (κ1) is 19.1. The van der Waals surface area contributed by atoms with E-state index < -0.39 is 5.97 Å². The summed E-state index contributed by atoms with van der Waals surface area (Å²) in [5.41, 5.74) is 1.64. The Morgan fingerprint density at radius 1 is 1.04 bits per heavy atom. The van der Waals surface area contributed by atoms with Crippen LogP contribution in [0.4, 0.5) is 0 Å². The van der Waals surface area contributed by atoms with Crippen LogP contribution in [0.3, 0.4) is 0 Å². The van der Waals surface area contributed by atoms with Gasteiger partial charge in [-0.05, 0) is 48.2 Å². The number of nitrogens with zero attached hydrogens (tertiary/aromatic N) is 1. The van der Waals surface area contributed by atoms with Gasteiger partial charge in [-0.3, -0.25) is 14.5 Å². The second-order valence-corrected chi connectivity index (χ2v) is 7.34. The third-order valence-corrected chi connectivity index (χ3v) is 4.67. The fourth-order valence-electron chi connectivity index (χ4n) is 2.82. The maximum atomic E-state index is 12.5. The third-order valence-electron chi connectivity index (χ3n) is 4.42. The zero-order chi connectivity index (χ0) is 19.6. The molecule has 0 radical (unpaired) electrons. The molecule has 0 aromatic heterocycles. The van der Waals surface area contributed by atoms with Gasteiger partial charge in [-0.1, -0.05) is 37.6 Å². The number of rotatable bonds is 6. The monoisotopic (exact) mass is 385 g/mol. The van der Waals surface area contributed by atoms with Crippen molar-refractivity contribution in [2.45, 2.75) is 26.9 Å². The predicted octanol–water partition coefficient (Wildman–Crippen LogP) is 4.34. The molecule has 0 aliphatic carbocycles. The van der Waals surface area contributed by atoms with Gasteiger partial charge in [-0.15, -0.1) is 0 Å². The minimum atomic E-state index is -0.548. The van der Waals surface area contributed by atoms with Crippen molar-refractivity contribution in [3.63, 3.8) is 0 Å². The number of amides is 2. The van der Waals surface area contributed by atoms with E-state index in [0.717, 1.165) is 12.0 Å². The number of carbonyl (C=O) groups excluding carboxylic acids is 3. The van der Waals surface area contributed by atoms with Crippen LogP contribution in [0, 0.1) is 5.92 Å². The normalized spacial score (nSPS) is 13.3. The SMILES string of the molecule is CC(C)CCN1C(=O)c2ccc(C(=O)OCc3ccc(Cl)cc3)cc2C1=O. The van der Waals surface area contributed by atoms with E-state index in [9.17, 15) is 14.4 Å². The lowest BCUT2D eigenvalue weighted by Crippen LogP contribution is -2.31. The van der Waals surface area contributed by atoms with Gasteiger partial charge in [-0.25, -0.2) is 4.79 Å². The second kappa shape index (κ2) is 7.92. The van der Waals surface area contributed by atoms with Crippen molar-refractivity contribution in [3.05, 3.63) is 69.7 Å². The Kier molecular flexibility index (Phi) is 5.61. The predicted molar refractivity (Wildman–Crippen MR) is 102 cm³/mol. The topological polar surface area (TPSA) is 63.7 Å². The van der Waals surface area contributed by atoms with Gasteiger partial charge in [0, 0.05) is 11.6 Å². The lowest BCUT2D eigenvalue weighted by Gasteiger charge is -2.14. The third kappa shape index (κ3) is 4.19. The van der Waals surface area contributed by atoms with Crippen molar-refractivity contribution in [1.82, 2.24) is 4.90 Å². The number of fused-ring (bicyclic) bond motifs is 1. The van der Waals surface area contributed by atoms with Crippen molar-refractivity contribution in [3.8, 4) is 0 Å². The minimum Gasteiger partial charge on any atom is -0.457 e. The maximum absolute atomic E-state index is 12.5. The summed E-state index contributed by atoms with van der Waals surface area (Å²) >= 11 is 5.83. The van der Waals surface area contributed by atoms with Crippen molar-refractivity contribution in [1.29, 1.82) is 0 Å². The van der Waals surface area contributed by atoms with E-state index in [4.69, 9.17) is 16.3 Å². The molecule has 2 amide bonds. The van der Waals surface area contributed by atoms with Gasteiger partial charge in [0.05, 0.1) is 16.7 Å². The largest absolute Gasteiger partial charge is 0.457 e. The maximum Gasteiger partial charge on any atom is 0.338 e. The number of halogens is 1. The van der Waals surface area contributed by atoms with Crippen molar-refractivity contribution in [2.24, 2.45) is 5.92 Å². The summed E-state index contributed by atoms with van der Waals surface area (Å²) in [6, 6.07) is 11.5. The average Bonchev–Trinajstić information content (AvgIpc) is 2.89. The number of ether oxygens (including phenoxy) is 1. The Morgan fingerprint density at radius 3 is 2.37 bits per heavy atom. The number of hydrogen-bond acceptors (Lipinski definition) is 4. The quantitative estimate of drug-likeness (QED) is 0.548. The van der Waals surface area contributed by atoms with Gasteiger partial charge in [0.2, 0.25) is 0 Å². The van der Waals surface area contributed by atoms with Gasteiger partial charge in [0.1, 0.15) is 6.61 Å². The van der Waals surface area contributed by atoms with Gasteiger partial charge >= 0.3 is 5.97 Å². The van der Waals surface area contributed by atoms with Crippen molar-refractivity contribution < 1.29 is 19.1 Å². The number of hydrogen-bond donors (Lipinski definition) is 0. The van der Waals surface area contributed by atoms with Gasteiger partial charge < -0.3 is 4.74 Å². The summed E-state index contributed by atoms with van der Waals surface area (Å²) in [5.74, 6) is -0.832. The van der Waals surface area contributed by atoms with Crippen LogP contribution >= 0.6 is 11.6 Å². The molecular formula is C21H20ClNO4. The lowest BCUT2D eigenvalue weighted by molar-refractivity contribution is 0.0472. The summed E-state index contributed by atoms with van der Waals surface area (Å²) < 4.78 is 5.29. The molecule has 0 fully saturated rings. The van der Waals surface area contributed by atoms with Crippen LogP contribution in [0.15, 0.2) is 42.5 Å². The standard InChI is InChI=1S/C21H20ClNO4/c1-13(2)9-10-23-19(24)17-8-5-15(11-18(17)20(23)25)21(26)27-12-14-3-6-16(22)7-4-14/h3-8,11,13H,9-10,12H2,1-2H3. The highest BCUT2D eigenvalue weighted by Crippen LogP contribution is 2.25. The van der Waals surface area contributed by atoms with E-state index in [-0.39, 0.29) is 29.5 Å². The number of esters is 1. The molecule has 0 N–H and O–H groups in total. The van der Waals surface area contributed by atoms with Crippen LogP contribution in [0.25, 0.3) is 0 Å². The first-order valence-corrected chi connectivity index (χ1v) is 9.16. The van der Waals surface area contributed by atoms with Gasteiger partial charge in [-0.2, -0.15) is 0 Å². The van der Waals surface area contributed by atoms with Crippen LogP contribution in [0.1, 0.15) is 56.9 Å². The minimum absolute atomic E-state index is 0.0977. The molecule has 140 valence electrons. The van der Waals surface area contributed by atoms with Gasteiger partial charge in [0.15, 0.2) is 0 Å². The van der Waals surface area contributed by atoms with E-state index >= 15 is 0 Å². The van der Waals surface area contributed by atoms with Crippen LogP contribution in [0.5, 0.6) is 0 Å². The first-order valence-electron chi connectivity index (χ1n) is 8.78. The Labute approximate surface area is 162 Å². The van der Waals surface area contributed by atoms with E-state index in [1.54, 1.807) is 24.3 Å². The molecule has 0 spiro atoms. The highest BCUT2D eigenvalue weighted by atomic mass is 35.5. The molecule has 3 rings (SSSR count). The summed E-state index contributed by atoms with van der Waals surface area (Å²) in [7, 11) is 0. The van der Waals surface area contributed by atoms with Crippen LogP contribution in [-0.4, -0.2) is 29.2 Å². The van der Waals surface area contributed by atoms with Gasteiger partial charge in [0.25, 0.3) is 11.8 Å². The second-order valence-electron chi connectivity index (χ2n) is 6.91. The molecule has 0 saturated carbocycles. The molecule has 2 aromatic rings. The lowest BCUT2D eigenvalue weighted by atomic mass is 10.1. The molecule has 0 saturated heterocycles. The Balaban J connectivity index is 1.71. The molecule has 5 nitrogen and oxygen atoms in total. The van der Waals surface area contributed by atoms with Crippen LogP contribution < -0.4 is 0 Å². The van der Waals surface area contributed by atoms with E-state index in [1.807, 2.05) is 13.8 Å². The number of benzene rings is 2. The Morgan fingerprint density at radius 2 is 1.70 bits per heavy atom. The number of imide groups is 1. The Hall–Kier alpha value is -2.66. The molecule has 1 heterocycles.